The Kier molecular flexibility index (Phi) is 3.28. The van der Waals surface area contributed by atoms with Crippen LogP contribution in [-0.2, 0) is 4.79 Å². The van der Waals surface area contributed by atoms with Crippen LogP contribution >= 0.6 is 0 Å². The molecule has 1 amide bonds. The molecule has 1 aromatic rings. The zero-order valence-corrected chi connectivity index (χ0v) is 11.6. The number of aliphatic hydroxyl groups is 1. The average molecular weight is 277 g/mol. The van der Waals surface area contributed by atoms with E-state index in [1.54, 1.807) is 18.2 Å². The zero-order chi connectivity index (χ0) is 14.3. The van der Waals surface area contributed by atoms with Crippen molar-refractivity contribution in [2.24, 2.45) is 11.8 Å². The average Bonchev–Trinajstić information content (AvgIpc) is 3.29. The zero-order valence-electron chi connectivity index (χ0n) is 11.6. The van der Waals surface area contributed by atoms with Gasteiger partial charge in [-0.15, -0.1) is 0 Å². The molecule has 0 heterocycles. The van der Waals surface area contributed by atoms with E-state index in [0.717, 1.165) is 12.8 Å². The van der Waals surface area contributed by atoms with E-state index in [4.69, 9.17) is 0 Å². The van der Waals surface area contributed by atoms with E-state index in [0.29, 0.717) is 17.9 Å². The first-order chi connectivity index (χ1) is 9.55. The number of rotatable bonds is 5. The fourth-order valence-corrected chi connectivity index (χ4v) is 2.97. The van der Waals surface area contributed by atoms with Crippen LogP contribution in [0.25, 0.3) is 0 Å². The van der Waals surface area contributed by atoms with E-state index in [9.17, 15) is 14.3 Å². The van der Waals surface area contributed by atoms with Crippen molar-refractivity contribution in [1.29, 1.82) is 0 Å². The molecule has 2 saturated carbocycles. The van der Waals surface area contributed by atoms with Crippen molar-refractivity contribution in [2.75, 3.05) is 6.61 Å². The summed E-state index contributed by atoms with van der Waals surface area (Å²) in [5, 5.41) is 12.5. The van der Waals surface area contributed by atoms with Crippen molar-refractivity contribution in [3.05, 3.63) is 35.6 Å². The minimum atomic E-state index is -0.514. The molecular weight excluding hydrogens is 257 g/mol. The Morgan fingerprint density at radius 3 is 2.75 bits per heavy atom. The summed E-state index contributed by atoms with van der Waals surface area (Å²) in [6, 6.07) is 6.64. The molecular formula is C16H20FNO2. The standard InChI is InChI=1S/C16H20FNO2/c1-16(9-19,10-6-7-10)18-15(20)13-8-12(13)11-4-2-3-5-14(11)17/h2-5,10,12-13,19H,6-9H2,1H3,(H,18,20). The van der Waals surface area contributed by atoms with E-state index in [1.807, 2.05) is 6.92 Å². The summed E-state index contributed by atoms with van der Waals surface area (Å²) in [6.07, 6.45) is 2.80. The van der Waals surface area contributed by atoms with E-state index in [-0.39, 0.29) is 30.2 Å². The Hall–Kier alpha value is -1.42. The smallest absolute Gasteiger partial charge is 0.224 e. The Morgan fingerprint density at radius 1 is 1.45 bits per heavy atom. The number of carbonyl (C=O) groups is 1. The highest BCUT2D eigenvalue weighted by atomic mass is 19.1. The van der Waals surface area contributed by atoms with Crippen LogP contribution in [0.15, 0.2) is 24.3 Å². The van der Waals surface area contributed by atoms with Crippen molar-refractivity contribution in [3.8, 4) is 0 Å². The van der Waals surface area contributed by atoms with Gasteiger partial charge in [0, 0.05) is 5.92 Å². The number of benzene rings is 1. The minimum absolute atomic E-state index is 0.0154. The maximum absolute atomic E-state index is 13.7. The molecule has 108 valence electrons. The SMILES string of the molecule is CC(CO)(NC(=O)C1CC1c1ccccc1F)C1CC1. The lowest BCUT2D eigenvalue weighted by atomic mass is 9.96. The molecule has 2 aliphatic carbocycles. The molecule has 0 saturated heterocycles. The first-order valence-electron chi connectivity index (χ1n) is 7.22. The van der Waals surface area contributed by atoms with Gasteiger partial charge in [0.25, 0.3) is 0 Å². The summed E-state index contributed by atoms with van der Waals surface area (Å²) in [5.74, 6) is -0.0846. The summed E-state index contributed by atoms with van der Waals surface area (Å²) >= 11 is 0. The molecule has 20 heavy (non-hydrogen) atoms. The largest absolute Gasteiger partial charge is 0.394 e. The summed E-state index contributed by atoms with van der Waals surface area (Å²) in [7, 11) is 0. The lowest BCUT2D eigenvalue weighted by molar-refractivity contribution is -0.125. The number of amides is 1. The Morgan fingerprint density at radius 2 is 2.15 bits per heavy atom. The summed E-state index contributed by atoms with van der Waals surface area (Å²) in [6.45, 7) is 1.85. The highest BCUT2D eigenvalue weighted by Gasteiger charge is 2.49. The van der Waals surface area contributed by atoms with Crippen molar-refractivity contribution in [3.63, 3.8) is 0 Å². The van der Waals surface area contributed by atoms with Crippen molar-refractivity contribution >= 4 is 5.91 Å². The number of nitrogens with one attached hydrogen (secondary N) is 1. The van der Waals surface area contributed by atoms with Crippen molar-refractivity contribution < 1.29 is 14.3 Å². The molecule has 0 spiro atoms. The third-order valence-corrected chi connectivity index (χ3v) is 4.65. The second kappa shape index (κ2) is 4.85. The first kappa shape index (κ1) is 13.6. The fourth-order valence-electron chi connectivity index (χ4n) is 2.97. The van der Waals surface area contributed by atoms with Gasteiger partial charge < -0.3 is 10.4 Å². The van der Waals surface area contributed by atoms with Crippen molar-refractivity contribution in [1.82, 2.24) is 5.32 Å². The molecule has 4 heteroatoms. The third-order valence-electron chi connectivity index (χ3n) is 4.65. The molecule has 2 N–H and O–H groups in total. The predicted molar refractivity (Wildman–Crippen MR) is 73.6 cm³/mol. The van der Waals surface area contributed by atoms with Crippen LogP contribution in [0.2, 0.25) is 0 Å². The lowest BCUT2D eigenvalue weighted by Gasteiger charge is -2.29. The second-order valence-electron chi connectivity index (χ2n) is 6.31. The molecule has 0 aliphatic heterocycles. The number of aliphatic hydroxyl groups excluding tert-OH is 1. The summed E-state index contributed by atoms with van der Waals surface area (Å²) in [4.78, 5) is 12.3. The van der Waals surface area contributed by atoms with Gasteiger partial charge in [0.15, 0.2) is 0 Å². The molecule has 3 nitrogen and oxygen atoms in total. The van der Waals surface area contributed by atoms with Gasteiger partial charge in [-0.1, -0.05) is 18.2 Å². The minimum Gasteiger partial charge on any atom is -0.394 e. The topological polar surface area (TPSA) is 49.3 Å². The highest BCUT2D eigenvalue weighted by Crippen LogP contribution is 2.49. The Labute approximate surface area is 118 Å². The van der Waals surface area contributed by atoms with Crippen LogP contribution in [-0.4, -0.2) is 23.2 Å². The van der Waals surface area contributed by atoms with Gasteiger partial charge >= 0.3 is 0 Å². The predicted octanol–water partition coefficient (Wildman–Crippen LogP) is 2.21. The monoisotopic (exact) mass is 277 g/mol. The molecule has 0 radical (unpaired) electrons. The van der Waals surface area contributed by atoms with E-state index in [1.165, 1.54) is 6.07 Å². The third kappa shape index (κ3) is 2.44. The van der Waals surface area contributed by atoms with Crippen molar-refractivity contribution in [2.45, 2.75) is 37.6 Å². The molecule has 3 rings (SSSR count). The Balaban J connectivity index is 1.64. The van der Waals surface area contributed by atoms with Gasteiger partial charge in [-0.2, -0.15) is 0 Å². The molecule has 2 fully saturated rings. The number of carbonyl (C=O) groups excluding carboxylic acids is 1. The van der Waals surface area contributed by atoms with E-state index < -0.39 is 5.54 Å². The Bertz CT molecular complexity index is 529. The molecule has 1 aromatic carbocycles. The van der Waals surface area contributed by atoms with Gasteiger partial charge in [0.1, 0.15) is 5.82 Å². The van der Waals surface area contributed by atoms with Crippen LogP contribution in [0, 0.1) is 17.7 Å². The summed E-state index contributed by atoms with van der Waals surface area (Å²) in [5.41, 5.74) is 0.115. The number of halogens is 1. The quantitative estimate of drug-likeness (QED) is 0.867. The first-order valence-corrected chi connectivity index (χ1v) is 7.22. The van der Waals surface area contributed by atoms with Crippen LogP contribution in [0.3, 0.4) is 0 Å². The maximum Gasteiger partial charge on any atom is 0.224 e. The van der Waals surface area contributed by atoms with Gasteiger partial charge in [-0.25, -0.2) is 4.39 Å². The molecule has 3 unspecified atom stereocenters. The van der Waals surface area contributed by atoms with Gasteiger partial charge in [-0.05, 0) is 49.7 Å². The van der Waals surface area contributed by atoms with Gasteiger partial charge in [0.2, 0.25) is 5.91 Å². The summed E-state index contributed by atoms with van der Waals surface area (Å²) < 4.78 is 13.7. The van der Waals surface area contributed by atoms with E-state index in [2.05, 4.69) is 5.32 Å². The highest BCUT2D eigenvalue weighted by molar-refractivity contribution is 5.83. The number of hydrogen-bond donors (Lipinski definition) is 2. The van der Waals surface area contributed by atoms with Gasteiger partial charge in [-0.3, -0.25) is 4.79 Å². The molecule has 0 bridgehead atoms. The maximum atomic E-state index is 13.7. The van der Waals surface area contributed by atoms with E-state index >= 15 is 0 Å². The normalized spacial score (nSPS) is 27.8. The van der Waals surface area contributed by atoms with Crippen LogP contribution in [0.4, 0.5) is 4.39 Å². The van der Waals surface area contributed by atoms with Crippen LogP contribution in [0.1, 0.15) is 37.7 Å². The molecule has 2 aliphatic rings. The van der Waals surface area contributed by atoms with Crippen LogP contribution in [0.5, 0.6) is 0 Å². The van der Waals surface area contributed by atoms with Crippen LogP contribution < -0.4 is 5.32 Å². The molecule has 3 atom stereocenters. The second-order valence-corrected chi connectivity index (χ2v) is 6.31. The number of hydrogen-bond acceptors (Lipinski definition) is 2. The van der Waals surface area contributed by atoms with Gasteiger partial charge in [0.05, 0.1) is 12.1 Å². The lowest BCUT2D eigenvalue weighted by Crippen LogP contribution is -2.51. The fraction of sp³-hybridized carbons (Fsp3) is 0.562. The molecule has 0 aromatic heterocycles.